The van der Waals surface area contributed by atoms with E-state index in [2.05, 4.69) is 5.10 Å². The van der Waals surface area contributed by atoms with Crippen LogP contribution in [-0.4, -0.2) is 15.6 Å². The van der Waals surface area contributed by atoms with Crippen LogP contribution in [0.25, 0.3) is 0 Å². The minimum atomic E-state index is -0.0711. The van der Waals surface area contributed by atoms with Crippen molar-refractivity contribution in [2.75, 3.05) is 0 Å². The third-order valence-electron chi connectivity index (χ3n) is 2.91. The summed E-state index contributed by atoms with van der Waals surface area (Å²) in [5.74, 6) is 0.133. The largest absolute Gasteiger partial charge is 0.299 e. The summed E-state index contributed by atoms with van der Waals surface area (Å²) in [5.41, 5.74) is 1.90. The number of rotatable bonds is 4. The van der Waals surface area contributed by atoms with Gasteiger partial charge in [-0.05, 0) is 11.6 Å². The SMILES string of the molecule is CC(C(=O)Cc1ccn(C)n1)c1ccccc1. The predicted molar refractivity (Wildman–Crippen MR) is 66.8 cm³/mol. The van der Waals surface area contributed by atoms with Crippen molar-refractivity contribution in [1.29, 1.82) is 0 Å². The summed E-state index contributed by atoms with van der Waals surface area (Å²) >= 11 is 0. The van der Waals surface area contributed by atoms with E-state index in [1.54, 1.807) is 4.68 Å². The highest BCUT2D eigenvalue weighted by Gasteiger charge is 2.16. The van der Waals surface area contributed by atoms with Gasteiger partial charge in [-0.1, -0.05) is 37.3 Å². The Morgan fingerprint density at radius 1 is 1.29 bits per heavy atom. The van der Waals surface area contributed by atoms with Crippen LogP contribution in [-0.2, 0) is 18.3 Å². The summed E-state index contributed by atoms with van der Waals surface area (Å²) in [6.07, 6.45) is 2.26. The Bertz CT molecular complexity index is 502. The first-order valence-corrected chi connectivity index (χ1v) is 5.73. The first kappa shape index (κ1) is 11.6. The van der Waals surface area contributed by atoms with E-state index in [9.17, 15) is 4.79 Å². The molecule has 88 valence electrons. The fraction of sp³-hybridized carbons (Fsp3) is 0.286. The number of carbonyl (C=O) groups is 1. The highest BCUT2D eigenvalue weighted by Crippen LogP contribution is 2.17. The van der Waals surface area contributed by atoms with Crippen molar-refractivity contribution >= 4 is 5.78 Å². The maximum absolute atomic E-state index is 12.1. The van der Waals surface area contributed by atoms with Crippen molar-refractivity contribution in [3.8, 4) is 0 Å². The molecule has 0 bridgehead atoms. The Morgan fingerprint density at radius 2 is 2.00 bits per heavy atom. The molecule has 0 fully saturated rings. The van der Waals surface area contributed by atoms with Crippen LogP contribution in [0.4, 0.5) is 0 Å². The topological polar surface area (TPSA) is 34.9 Å². The molecule has 0 aliphatic carbocycles. The van der Waals surface area contributed by atoms with Crippen LogP contribution in [0.2, 0.25) is 0 Å². The van der Waals surface area contributed by atoms with E-state index in [0.29, 0.717) is 6.42 Å². The molecule has 0 amide bonds. The molecular weight excluding hydrogens is 212 g/mol. The molecule has 0 saturated carbocycles. The van der Waals surface area contributed by atoms with E-state index >= 15 is 0 Å². The average molecular weight is 228 g/mol. The minimum Gasteiger partial charge on any atom is -0.299 e. The molecule has 17 heavy (non-hydrogen) atoms. The van der Waals surface area contributed by atoms with Crippen molar-refractivity contribution < 1.29 is 4.79 Å². The smallest absolute Gasteiger partial charge is 0.146 e. The van der Waals surface area contributed by atoms with Gasteiger partial charge in [-0.25, -0.2) is 0 Å². The number of aryl methyl sites for hydroxylation is 1. The number of aromatic nitrogens is 2. The molecule has 0 aliphatic heterocycles. The summed E-state index contributed by atoms with van der Waals surface area (Å²) < 4.78 is 1.72. The van der Waals surface area contributed by atoms with Gasteiger partial charge >= 0.3 is 0 Å². The molecule has 0 N–H and O–H groups in total. The zero-order valence-corrected chi connectivity index (χ0v) is 10.1. The Morgan fingerprint density at radius 3 is 2.59 bits per heavy atom. The van der Waals surface area contributed by atoms with Crippen LogP contribution in [0, 0.1) is 0 Å². The molecule has 1 heterocycles. The van der Waals surface area contributed by atoms with Crippen molar-refractivity contribution in [2.24, 2.45) is 7.05 Å². The lowest BCUT2D eigenvalue weighted by Gasteiger charge is -2.09. The van der Waals surface area contributed by atoms with Crippen LogP contribution >= 0.6 is 0 Å². The lowest BCUT2D eigenvalue weighted by molar-refractivity contribution is -0.119. The normalized spacial score (nSPS) is 12.4. The molecule has 0 spiro atoms. The number of carbonyl (C=O) groups excluding carboxylic acids is 1. The molecule has 1 unspecified atom stereocenters. The van der Waals surface area contributed by atoms with Gasteiger partial charge < -0.3 is 0 Å². The van der Waals surface area contributed by atoms with Gasteiger partial charge in [0.05, 0.1) is 12.1 Å². The van der Waals surface area contributed by atoms with Crippen molar-refractivity contribution in [3.05, 3.63) is 53.9 Å². The third kappa shape index (κ3) is 2.81. The molecule has 3 heteroatoms. The van der Waals surface area contributed by atoms with Gasteiger partial charge in [-0.15, -0.1) is 0 Å². The van der Waals surface area contributed by atoms with Gasteiger partial charge in [0.15, 0.2) is 0 Å². The molecule has 1 aromatic carbocycles. The fourth-order valence-corrected chi connectivity index (χ4v) is 1.82. The maximum Gasteiger partial charge on any atom is 0.146 e. The molecule has 2 rings (SSSR count). The van der Waals surface area contributed by atoms with E-state index in [0.717, 1.165) is 11.3 Å². The quantitative estimate of drug-likeness (QED) is 0.805. The van der Waals surface area contributed by atoms with Crippen LogP contribution in [0.1, 0.15) is 24.1 Å². The minimum absolute atomic E-state index is 0.0711. The average Bonchev–Trinajstić information content (AvgIpc) is 2.75. The Hall–Kier alpha value is -1.90. The van der Waals surface area contributed by atoms with E-state index in [-0.39, 0.29) is 11.7 Å². The summed E-state index contributed by atoms with van der Waals surface area (Å²) in [6.45, 7) is 1.95. The van der Waals surface area contributed by atoms with Gasteiger partial charge in [0.2, 0.25) is 0 Å². The number of hydrogen-bond donors (Lipinski definition) is 0. The number of hydrogen-bond acceptors (Lipinski definition) is 2. The highest BCUT2D eigenvalue weighted by atomic mass is 16.1. The lowest BCUT2D eigenvalue weighted by Crippen LogP contribution is -2.12. The van der Waals surface area contributed by atoms with Crippen LogP contribution in [0.5, 0.6) is 0 Å². The molecule has 3 nitrogen and oxygen atoms in total. The second-order valence-corrected chi connectivity index (χ2v) is 4.26. The van der Waals surface area contributed by atoms with E-state index in [1.165, 1.54) is 0 Å². The van der Waals surface area contributed by atoms with Crippen molar-refractivity contribution in [3.63, 3.8) is 0 Å². The molecule has 1 atom stereocenters. The van der Waals surface area contributed by atoms with E-state index in [1.807, 2.05) is 56.6 Å². The zero-order chi connectivity index (χ0) is 12.3. The van der Waals surface area contributed by atoms with E-state index < -0.39 is 0 Å². The van der Waals surface area contributed by atoms with Gasteiger partial charge in [0.1, 0.15) is 5.78 Å². The van der Waals surface area contributed by atoms with Crippen molar-refractivity contribution in [1.82, 2.24) is 9.78 Å². The predicted octanol–water partition coefficient (Wildman–Crippen LogP) is 2.34. The standard InChI is InChI=1S/C14H16N2O/c1-11(12-6-4-3-5-7-12)14(17)10-13-8-9-16(2)15-13/h3-9,11H,10H2,1-2H3. The number of Topliss-reactive ketones (excluding diaryl/α,β-unsaturated/α-hetero) is 1. The number of ketones is 1. The Kier molecular flexibility index (Phi) is 3.38. The Labute approximate surface area is 101 Å². The number of nitrogens with zero attached hydrogens (tertiary/aromatic N) is 2. The molecule has 0 saturated heterocycles. The van der Waals surface area contributed by atoms with Crippen LogP contribution in [0.15, 0.2) is 42.6 Å². The summed E-state index contributed by atoms with van der Waals surface area (Å²) in [5, 5.41) is 4.22. The molecule has 2 aromatic rings. The second kappa shape index (κ2) is 4.95. The molecule has 1 aromatic heterocycles. The monoisotopic (exact) mass is 228 g/mol. The Balaban J connectivity index is 2.06. The van der Waals surface area contributed by atoms with Gasteiger partial charge in [-0.2, -0.15) is 5.10 Å². The zero-order valence-electron chi connectivity index (χ0n) is 10.1. The van der Waals surface area contributed by atoms with Crippen LogP contribution in [0.3, 0.4) is 0 Å². The first-order chi connectivity index (χ1) is 8.16. The fourth-order valence-electron chi connectivity index (χ4n) is 1.82. The molecule has 0 radical (unpaired) electrons. The van der Waals surface area contributed by atoms with Crippen molar-refractivity contribution in [2.45, 2.75) is 19.3 Å². The van der Waals surface area contributed by atoms with E-state index in [4.69, 9.17) is 0 Å². The van der Waals surface area contributed by atoms with Gasteiger partial charge in [0, 0.05) is 19.2 Å². The summed E-state index contributed by atoms with van der Waals surface area (Å²) in [6, 6.07) is 11.7. The lowest BCUT2D eigenvalue weighted by atomic mass is 9.94. The maximum atomic E-state index is 12.1. The highest BCUT2D eigenvalue weighted by molar-refractivity contribution is 5.86. The summed E-state index contributed by atoms with van der Waals surface area (Å²) in [7, 11) is 1.86. The van der Waals surface area contributed by atoms with Gasteiger partial charge in [0.25, 0.3) is 0 Å². The summed E-state index contributed by atoms with van der Waals surface area (Å²) in [4.78, 5) is 12.1. The second-order valence-electron chi connectivity index (χ2n) is 4.26. The molecular formula is C14H16N2O. The molecule has 0 aliphatic rings. The van der Waals surface area contributed by atoms with Gasteiger partial charge in [-0.3, -0.25) is 9.48 Å². The first-order valence-electron chi connectivity index (χ1n) is 5.73. The number of benzene rings is 1. The third-order valence-corrected chi connectivity index (χ3v) is 2.91. The van der Waals surface area contributed by atoms with Crippen LogP contribution < -0.4 is 0 Å².